The molecule has 0 heterocycles. The van der Waals surface area contributed by atoms with Crippen LogP contribution in [-0.4, -0.2) is 11.1 Å². The molecular formula is C9H3F7O2. The largest absolute Gasteiger partial charge is 0.479 e. The lowest BCUT2D eigenvalue weighted by atomic mass is 10.0. The van der Waals surface area contributed by atoms with Gasteiger partial charge in [0, 0.05) is 5.56 Å². The van der Waals surface area contributed by atoms with Crippen molar-refractivity contribution in [1.29, 1.82) is 0 Å². The van der Waals surface area contributed by atoms with Gasteiger partial charge in [0.2, 0.25) is 6.17 Å². The molecule has 1 aromatic carbocycles. The third kappa shape index (κ3) is 2.39. The minimum absolute atomic E-state index is 0.333. The topological polar surface area (TPSA) is 37.3 Å². The Balaban J connectivity index is 3.52. The van der Waals surface area contributed by atoms with Crippen molar-refractivity contribution in [2.75, 3.05) is 0 Å². The van der Waals surface area contributed by atoms with Crippen LogP contribution in [0.1, 0.15) is 17.3 Å². The number of hydrogen-bond acceptors (Lipinski definition) is 1. The highest BCUT2D eigenvalue weighted by atomic mass is 19.4. The van der Waals surface area contributed by atoms with Gasteiger partial charge in [-0.3, -0.25) is 0 Å². The van der Waals surface area contributed by atoms with Crippen LogP contribution < -0.4 is 0 Å². The molecule has 9 heteroatoms. The van der Waals surface area contributed by atoms with Crippen LogP contribution in [-0.2, 0) is 11.0 Å². The smallest absolute Gasteiger partial charge is 0.422 e. The van der Waals surface area contributed by atoms with Gasteiger partial charge >= 0.3 is 12.1 Å². The highest BCUT2D eigenvalue weighted by Gasteiger charge is 2.41. The fourth-order valence-corrected chi connectivity index (χ4v) is 1.19. The summed E-state index contributed by atoms with van der Waals surface area (Å²) in [5.74, 6) is -9.65. The summed E-state index contributed by atoms with van der Waals surface area (Å²) in [5, 5.41) is 8.16. The summed E-state index contributed by atoms with van der Waals surface area (Å²) in [6, 6.07) is -0.333. The number of benzene rings is 1. The molecule has 0 saturated carbocycles. The van der Waals surface area contributed by atoms with Gasteiger partial charge < -0.3 is 5.11 Å². The highest BCUT2D eigenvalue weighted by molar-refractivity contribution is 5.74. The first-order valence-corrected chi connectivity index (χ1v) is 4.18. The van der Waals surface area contributed by atoms with Gasteiger partial charge in [0.15, 0.2) is 11.6 Å². The number of carboxylic acids is 1. The van der Waals surface area contributed by atoms with E-state index in [1.807, 2.05) is 0 Å². The second-order valence-electron chi connectivity index (χ2n) is 3.15. The molecule has 0 saturated heterocycles. The van der Waals surface area contributed by atoms with E-state index in [0.717, 1.165) is 0 Å². The second kappa shape index (κ2) is 4.46. The molecule has 0 spiro atoms. The van der Waals surface area contributed by atoms with E-state index < -0.39 is 46.9 Å². The molecule has 1 aromatic rings. The van der Waals surface area contributed by atoms with Crippen LogP contribution in [0.2, 0.25) is 0 Å². The van der Waals surface area contributed by atoms with Crippen molar-refractivity contribution < 1.29 is 40.6 Å². The highest BCUT2D eigenvalue weighted by Crippen LogP contribution is 2.37. The maximum Gasteiger partial charge on any atom is 0.422 e. The number of aliphatic carboxylic acids is 1. The summed E-state index contributed by atoms with van der Waals surface area (Å²) in [4.78, 5) is 10.1. The Kier molecular flexibility index (Phi) is 3.54. The van der Waals surface area contributed by atoms with Crippen LogP contribution in [0.15, 0.2) is 6.07 Å². The van der Waals surface area contributed by atoms with Gasteiger partial charge in [-0.15, -0.1) is 0 Å². The van der Waals surface area contributed by atoms with Gasteiger partial charge in [0.1, 0.15) is 11.4 Å². The monoisotopic (exact) mass is 276 g/mol. The van der Waals surface area contributed by atoms with Gasteiger partial charge in [-0.2, -0.15) is 13.2 Å². The zero-order valence-electron chi connectivity index (χ0n) is 8.16. The first-order chi connectivity index (χ1) is 8.07. The predicted molar refractivity (Wildman–Crippen MR) is 42.8 cm³/mol. The van der Waals surface area contributed by atoms with Crippen LogP contribution in [0, 0.1) is 17.5 Å². The molecule has 0 bridgehead atoms. The zero-order chi connectivity index (χ0) is 14.2. The molecule has 0 aliphatic rings. The average molecular weight is 276 g/mol. The fourth-order valence-electron chi connectivity index (χ4n) is 1.19. The lowest BCUT2D eigenvalue weighted by Crippen LogP contribution is -2.17. The van der Waals surface area contributed by atoms with Gasteiger partial charge in [0.25, 0.3) is 0 Å². The van der Waals surface area contributed by atoms with Crippen LogP contribution in [0.3, 0.4) is 0 Å². The van der Waals surface area contributed by atoms with E-state index >= 15 is 0 Å². The van der Waals surface area contributed by atoms with Crippen molar-refractivity contribution in [2.45, 2.75) is 12.3 Å². The number of rotatable bonds is 2. The number of halogens is 7. The summed E-state index contributed by atoms with van der Waals surface area (Å²) >= 11 is 0. The third-order valence-corrected chi connectivity index (χ3v) is 1.96. The van der Waals surface area contributed by atoms with Gasteiger partial charge in [-0.25, -0.2) is 22.4 Å². The Hall–Kier alpha value is -1.80. The SMILES string of the molecule is O=C(O)C(F)c1cc(F)c(C(F)(F)F)c(F)c1F. The minimum Gasteiger partial charge on any atom is -0.479 e. The summed E-state index contributed by atoms with van der Waals surface area (Å²) in [5.41, 5.74) is -4.19. The molecule has 1 unspecified atom stereocenters. The maximum absolute atomic E-state index is 13.0. The molecular weight excluding hydrogens is 273 g/mol. The van der Waals surface area contributed by atoms with E-state index in [2.05, 4.69) is 0 Å². The van der Waals surface area contributed by atoms with E-state index in [4.69, 9.17) is 5.11 Å². The normalized spacial score (nSPS) is 13.5. The fraction of sp³-hybridized carbons (Fsp3) is 0.222. The second-order valence-corrected chi connectivity index (χ2v) is 3.15. The molecule has 0 aliphatic heterocycles. The molecule has 2 nitrogen and oxygen atoms in total. The summed E-state index contributed by atoms with van der Waals surface area (Å²) in [6.45, 7) is 0. The van der Waals surface area contributed by atoms with Crippen molar-refractivity contribution in [3.8, 4) is 0 Å². The van der Waals surface area contributed by atoms with E-state index in [1.165, 1.54) is 0 Å². The summed E-state index contributed by atoms with van der Waals surface area (Å²) < 4.78 is 88.1. The summed E-state index contributed by atoms with van der Waals surface area (Å²) in [7, 11) is 0. The molecule has 1 N–H and O–H groups in total. The van der Waals surface area contributed by atoms with Crippen molar-refractivity contribution in [3.63, 3.8) is 0 Å². The Morgan fingerprint density at radius 1 is 1.17 bits per heavy atom. The molecule has 18 heavy (non-hydrogen) atoms. The zero-order valence-corrected chi connectivity index (χ0v) is 8.16. The minimum atomic E-state index is -5.53. The number of carboxylic acid groups (broad SMARTS) is 1. The Bertz CT molecular complexity index is 495. The van der Waals surface area contributed by atoms with E-state index in [-0.39, 0.29) is 6.07 Å². The first-order valence-electron chi connectivity index (χ1n) is 4.18. The van der Waals surface area contributed by atoms with Gasteiger partial charge in [-0.05, 0) is 6.07 Å². The first kappa shape index (κ1) is 14.3. The average Bonchev–Trinajstić information content (AvgIpc) is 2.20. The quantitative estimate of drug-likeness (QED) is 0.665. The molecule has 1 atom stereocenters. The molecule has 0 aliphatic carbocycles. The van der Waals surface area contributed by atoms with E-state index in [0.29, 0.717) is 0 Å². The Morgan fingerprint density at radius 2 is 1.67 bits per heavy atom. The van der Waals surface area contributed by atoms with Crippen LogP contribution in [0.25, 0.3) is 0 Å². The predicted octanol–water partition coefficient (Wildman–Crippen LogP) is 3.22. The lowest BCUT2D eigenvalue weighted by Gasteiger charge is -2.13. The van der Waals surface area contributed by atoms with E-state index in [1.54, 1.807) is 0 Å². The Morgan fingerprint density at radius 3 is 2.06 bits per heavy atom. The molecule has 0 radical (unpaired) electrons. The number of hydrogen-bond donors (Lipinski definition) is 1. The van der Waals surface area contributed by atoms with Crippen molar-refractivity contribution in [2.24, 2.45) is 0 Å². The number of alkyl halides is 4. The van der Waals surface area contributed by atoms with Crippen LogP contribution in [0.5, 0.6) is 0 Å². The lowest BCUT2D eigenvalue weighted by molar-refractivity contribution is -0.143. The van der Waals surface area contributed by atoms with Gasteiger partial charge in [0.05, 0.1) is 0 Å². The standard InChI is InChI=1S/C9H3F7O2/c10-3-1-2(6(12)8(17)18)5(11)7(13)4(3)9(14,15)16/h1,6H,(H,17,18). The van der Waals surface area contributed by atoms with Crippen molar-refractivity contribution in [1.82, 2.24) is 0 Å². The molecule has 0 amide bonds. The molecule has 0 aromatic heterocycles. The molecule has 1 rings (SSSR count). The third-order valence-electron chi connectivity index (χ3n) is 1.96. The summed E-state index contributed by atoms with van der Waals surface area (Å²) in [6.07, 6.45) is -8.70. The Labute approximate surface area is 94.6 Å². The van der Waals surface area contributed by atoms with Crippen molar-refractivity contribution in [3.05, 3.63) is 34.6 Å². The van der Waals surface area contributed by atoms with E-state index in [9.17, 15) is 35.5 Å². The van der Waals surface area contributed by atoms with Gasteiger partial charge in [-0.1, -0.05) is 0 Å². The number of carbonyl (C=O) groups is 1. The molecule has 0 fully saturated rings. The maximum atomic E-state index is 13.0. The molecule has 100 valence electrons. The van der Waals surface area contributed by atoms with Crippen LogP contribution in [0.4, 0.5) is 30.7 Å². The van der Waals surface area contributed by atoms with Crippen molar-refractivity contribution >= 4 is 5.97 Å². The van der Waals surface area contributed by atoms with Crippen LogP contribution >= 0.6 is 0 Å².